The van der Waals surface area contributed by atoms with E-state index >= 15 is 0 Å². The van der Waals surface area contributed by atoms with Crippen LogP contribution in [-0.2, 0) is 21.1 Å². The average Bonchev–Trinajstić information content (AvgIpc) is 2.58. The normalized spacial score (nSPS) is 9.57. The van der Waals surface area contributed by atoms with E-state index < -0.39 is 0 Å². The van der Waals surface area contributed by atoms with E-state index in [1.54, 1.807) is 54.9 Å². The first-order chi connectivity index (χ1) is 10.8. The predicted molar refractivity (Wildman–Crippen MR) is 87.7 cm³/mol. The Bertz CT molecular complexity index is 660. The number of phenolic OH excluding ortho intramolecular Hbond substituents is 2. The van der Waals surface area contributed by atoms with Crippen LogP contribution in [0.1, 0.15) is 5.56 Å². The van der Waals surface area contributed by atoms with Gasteiger partial charge < -0.3 is 10.2 Å². The summed E-state index contributed by atoms with van der Waals surface area (Å²) >= 11 is 0. The van der Waals surface area contributed by atoms with Crippen molar-refractivity contribution < 1.29 is 31.3 Å². The van der Waals surface area contributed by atoms with Gasteiger partial charge in [0.05, 0.1) is 0 Å². The van der Waals surface area contributed by atoms with Gasteiger partial charge in [-0.2, -0.15) is 0 Å². The summed E-state index contributed by atoms with van der Waals surface area (Å²) in [4.78, 5) is 7.89. The van der Waals surface area contributed by atoms with Crippen LogP contribution in [0.25, 0.3) is 0 Å². The zero-order valence-electron chi connectivity index (χ0n) is 12.2. The zero-order chi connectivity index (χ0) is 15.6. The molecule has 3 rings (SSSR count). The van der Waals surface area contributed by atoms with E-state index in [0.29, 0.717) is 11.3 Å². The topological polar surface area (TPSA) is 65.7 Å². The Balaban J connectivity index is 0.000000320. The minimum absolute atomic E-state index is 0. The number of pyridine rings is 1. The fourth-order valence-electron chi connectivity index (χ4n) is 1.62. The monoisotopic (exact) mass is 487 g/mol. The van der Waals surface area contributed by atoms with Gasteiger partial charge in [-0.3, -0.25) is 9.98 Å². The van der Waals surface area contributed by atoms with E-state index in [2.05, 4.69) is 9.98 Å². The van der Waals surface area contributed by atoms with Crippen LogP contribution < -0.4 is 0 Å². The Kier molecular flexibility index (Phi) is 8.33. The molecule has 0 bridgehead atoms. The van der Waals surface area contributed by atoms with E-state index in [0.717, 1.165) is 0 Å². The van der Waals surface area contributed by atoms with Crippen LogP contribution in [0.5, 0.6) is 11.5 Å². The summed E-state index contributed by atoms with van der Waals surface area (Å²) in [5.74, 6) is 0.288. The van der Waals surface area contributed by atoms with Crippen molar-refractivity contribution >= 4 is 11.9 Å². The van der Waals surface area contributed by atoms with Crippen molar-refractivity contribution in [2.45, 2.75) is 0 Å². The third-order valence-electron chi connectivity index (χ3n) is 2.73. The summed E-state index contributed by atoms with van der Waals surface area (Å²) in [5.41, 5.74) is 1.09. The van der Waals surface area contributed by atoms with E-state index in [4.69, 9.17) is 0 Å². The first-order valence-corrected chi connectivity index (χ1v) is 6.72. The molecule has 1 heterocycles. The molecule has 0 unspecified atom stereocenters. The van der Waals surface area contributed by atoms with Crippen molar-refractivity contribution in [2.24, 2.45) is 4.99 Å². The summed E-state index contributed by atoms with van der Waals surface area (Å²) in [5, 5.41) is 19.0. The van der Waals surface area contributed by atoms with Crippen LogP contribution in [0.4, 0.5) is 5.69 Å². The van der Waals surface area contributed by atoms with Gasteiger partial charge in [0.2, 0.25) is 0 Å². The first kappa shape index (κ1) is 18.6. The second kappa shape index (κ2) is 10.3. The van der Waals surface area contributed by atoms with Crippen molar-refractivity contribution in [3.8, 4) is 11.5 Å². The Hall–Kier alpha value is -2.45. The number of rotatable bonds is 2. The third kappa shape index (κ3) is 6.45. The van der Waals surface area contributed by atoms with Crippen LogP contribution in [-0.4, -0.2) is 21.4 Å². The minimum atomic E-state index is 0. The van der Waals surface area contributed by atoms with Crippen LogP contribution >= 0.6 is 0 Å². The number of nitrogens with zero attached hydrogens (tertiary/aromatic N) is 2. The zero-order valence-corrected chi connectivity index (χ0v) is 14.5. The molecule has 4 nitrogen and oxygen atoms in total. The number of phenols is 2. The number of hydrogen-bond donors (Lipinski definition) is 2. The molecule has 0 spiro atoms. The number of aromatic hydroxyl groups is 2. The fourth-order valence-corrected chi connectivity index (χ4v) is 1.62. The van der Waals surface area contributed by atoms with Gasteiger partial charge in [0.15, 0.2) is 0 Å². The molecule has 5 heteroatoms. The van der Waals surface area contributed by atoms with Crippen molar-refractivity contribution in [3.63, 3.8) is 0 Å². The molecule has 23 heavy (non-hydrogen) atoms. The second-order valence-electron chi connectivity index (χ2n) is 4.33. The molecule has 2 aromatic carbocycles. The molecule has 0 radical (unpaired) electrons. The quantitative estimate of drug-likeness (QED) is 0.539. The smallest absolute Gasteiger partial charge is 0.141 e. The number of aromatic nitrogens is 1. The summed E-state index contributed by atoms with van der Waals surface area (Å²) in [6.45, 7) is 0. The van der Waals surface area contributed by atoms with Gasteiger partial charge in [-0.15, -0.1) is 0 Å². The number of aliphatic imine (C=N–C) groups is 1. The summed E-state index contributed by atoms with van der Waals surface area (Å²) < 4.78 is 0. The number of hydrogen-bond acceptors (Lipinski definition) is 4. The molecule has 0 fully saturated rings. The van der Waals surface area contributed by atoms with E-state index in [-0.39, 0.29) is 32.6 Å². The van der Waals surface area contributed by atoms with Gasteiger partial charge in [0.25, 0.3) is 0 Å². The Morgan fingerprint density at radius 1 is 0.739 bits per heavy atom. The van der Waals surface area contributed by atoms with Gasteiger partial charge in [-0.05, 0) is 36.4 Å². The van der Waals surface area contributed by atoms with Crippen molar-refractivity contribution in [1.82, 2.24) is 4.98 Å². The SMILES string of the molecule is Oc1ccccc1C=Nc1ccccc1O.[Pt].c1ccncc1. The molecule has 0 aliphatic rings. The molecule has 0 saturated heterocycles. The summed E-state index contributed by atoms with van der Waals surface area (Å²) in [7, 11) is 0. The van der Waals surface area contributed by atoms with Gasteiger partial charge in [-0.1, -0.05) is 30.3 Å². The second-order valence-corrected chi connectivity index (χ2v) is 4.33. The number of para-hydroxylation sites is 3. The molecule has 0 atom stereocenters. The van der Waals surface area contributed by atoms with Gasteiger partial charge >= 0.3 is 0 Å². The van der Waals surface area contributed by atoms with E-state index in [9.17, 15) is 10.2 Å². The fraction of sp³-hybridized carbons (Fsp3) is 0. The van der Waals surface area contributed by atoms with Crippen LogP contribution in [0.3, 0.4) is 0 Å². The molecule has 0 saturated carbocycles. The molecule has 120 valence electrons. The van der Waals surface area contributed by atoms with Gasteiger partial charge in [0, 0.05) is 45.2 Å². The summed E-state index contributed by atoms with van der Waals surface area (Å²) in [6.07, 6.45) is 5.02. The average molecular weight is 487 g/mol. The molecular weight excluding hydrogens is 471 g/mol. The molecular formula is C18H16N2O2Pt. The van der Waals surface area contributed by atoms with Gasteiger partial charge in [-0.25, -0.2) is 0 Å². The maximum absolute atomic E-state index is 9.50. The predicted octanol–water partition coefficient (Wildman–Crippen LogP) is 3.93. The van der Waals surface area contributed by atoms with Crippen molar-refractivity contribution in [1.29, 1.82) is 0 Å². The van der Waals surface area contributed by atoms with Crippen LogP contribution in [0, 0.1) is 0 Å². The maximum atomic E-state index is 9.50. The maximum Gasteiger partial charge on any atom is 0.141 e. The standard InChI is InChI=1S/C13H11NO2.C5H5N.Pt/c15-12-7-3-1-5-10(12)9-14-11-6-2-4-8-13(11)16;1-2-4-6-5-3-1;/h1-9,15-16H;1-5H;. The molecule has 1 aromatic heterocycles. The first-order valence-electron chi connectivity index (χ1n) is 6.72. The van der Waals surface area contributed by atoms with Crippen molar-refractivity contribution in [3.05, 3.63) is 84.7 Å². The molecule has 0 amide bonds. The largest absolute Gasteiger partial charge is 0.507 e. The molecule has 0 aliphatic heterocycles. The van der Waals surface area contributed by atoms with Crippen LogP contribution in [0.15, 0.2) is 84.1 Å². The van der Waals surface area contributed by atoms with Gasteiger partial charge in [0.1, 0.15) is 17.2 Å². The Labute approximate surface area is 149 Å². The molecule has 0 aliphatic carbocycles. The Morgan fingerprint density at radius 2 is 1.35 bits per heavy atom. The third-order valence-corrected chi connectivity index (χ3v) is 2.73. The molecule has 2 N–H and O–H groups in total. The van der Waals surface area contributed by atoms with E-state index in [1.807, 2.05) is 24.3 Å². The van der Waals surface area contributed by atoms with Crippen molar-refractivity contribution in [2.75, 3.05) is 0 Å². The number of benzene rings is 2. The molecule has 3 aromatic rings. The summed E-state index contributed by atoms with van der Waals surface area (Å²) in [6, 6.07) is 19.4. The van der Waals surface area contributed by atoms with Crippen LogP contribution in [0.2, 0.25) is 0 Å². The minimum Gasteiger partial charge on any atom is -0.507 e. The van der Waals surface area contributed by atoms with E-state index in [1.165, 1.54) is 6.21 Å². The Morgan fingerprint density at radius 3 is 1.87 bits per heavy atom.